The van der Waals surface area contributed by atoms with Crippen molar-refractivity contribution in [1.82, 2.24) is 0 Å². The van der Waals surface area contributed by atoms with Gasteiger partial charge in [-0.2, -0.15) is 0 Å². The van der Waals surface area contributed by atoms with Crippen LogP contribution in [0.3, 0.4) is 0 Å². The van der Waals surface area contributed by atoms with E-state index in [9.17, 15) is 4.79 Å². The molecule has 0 amide bonds. The summed E-state index contributed by atoms with van der Waals surface area (Å²) in [5.74, 6) is 0.113. The summed E-state index contributed by atoms with van der Waals surface area (Å²) in [6, 6.07) is 1.56. The largest absolute Gasteiger partial charge is 0.441 e. The predicted octanol–water partition coefficient (Wildman–Crippen LogP) is 1.59. The van der Waals surface area contributed by atoms with Gasteiger partial charge in [-0.1, -0.05) is 0 Å². The molecule has 1 aromatic rings. The summed E-state index contributed by atoms with van der Waals surface area (Å²) in [5.41, 5.74) is 5.97. The van der Waals surface area contributed by atoms with Crippen molar-refractivity contribution in [3.8, 4) is 0 Å². The molecule has 1 aromatic heterocycles. The average molecular weight is 174 g/mol. The van der Waals surface area contributed by atoms with E-state index in [1.165, 1.54) is 6.92 Å². The molecular weight excluding hydrogens is 166 g/mol. The molecule has 0 atom stereocenters. The number of carbonyl (C=O) groups excluding carboxylic acids is 1. The first kappa shape index (κ1) is 8.30. The Morgan fingerprint density at radius 2 is 2.45 bits per heavy atom. The fourth-order valence-corrected chi connectivity index (χ4v) is 0.934. The van der Waals surface area contributed by atoms with Crippen LogP contribution in [0.5, 0.6) is 0 Å². The van der Waals surface area contributed by atoms with Crippen LogP contribution < -0.4 is 5.73 Å². The predicted molar refractivity (Wildman–Crippen MR) is 41.6 cm³/mol. The van der Waals surface area contributed by atoms with E-state index >= 15 is 0 Å². The number of hydrogen-bond acceptors (Lipinski definition) is 3. The van der Waals surface area contributed by atoms with Crippen LogP contribution >= 0.6 is 11.6 Å². The summed E-state index contributed by atoms with van der Waals surface area (Å²) in [4.78, 5) is 10.7. The van der Waals surface area contributed by atoms with Crippen LogP contribution in [0.2, 0.25) is 5.22 Å². The lowest BCUT2D eigenvalue weighted by Crippen LogP contribution is -1.94. The summed E-state index contributed by atoms with van der Waals surface area (Å²) < 4.78 is 4.90. The molecule has 0 unspecified atom stereocenters. The van der Waals surface area contributed by atoms with E-state index < -0.39 is 0 Å². The number of rotatable bonds is 2. The molecule has 0 bridgehead atoms. The van der Waals surface area contributed by atoms with Crippen LogP contribution in [0.1, 0.15) is 23.0 Å². The normalized spacial score (nSPS) is 10.1. The van der Waals surface area contributed by atoms with Crippen LogP contribution in [-0.4, -0.2) is 5.78 Å². The SMILES string of the molecule is CC(=O)c1cc(CN)c(Cl)o1. The monoisotopic (exact) mass is 173 g/mol. The van der Waals surface area contributed by atoms with Crippen molar-refractivity contribution in [3.63, 3.8) is 0 Å². The maximum absolute atomic E-state index is 10.7. The van der Waals surface area contributed by atoms with Gasteiger partial charge in [0, 0.05) is 19.0 Å². The van der Waals surface area contributed by atoms with E-state index in [0.717, 1.165) is 0 Å². The number of ketones is 1. The van der Waals surface area contributed by atoms with Gasteiger partial charge in [0.05, 0.1) is 0 Å². The second-order valence-electron chi connectivity index (χ2n) is 2.17. The van der Waals surface area contributed by atoms with Crippen LogP contribution in [0.25, 0.3) is 0 Å². The zero-order chi connectivity index (χ0) is 8.43. The Hall–Kier alpha value is -0.800. The Morgan fingerprint density at radius 1 is 1.82 bits per heavy atom. The molecule has 0 spiro atoms. The van der Waals surface area contributed by atoms with Gasteiger partial charge in [-0.3, -0.25) is 4.79 Å². The maximum atomic E-state index is 10.7. The second kappa shape index (κ2) is 3.07. The molecule has 60 valence electrons. The molecule has 2 N–H and O–H groups in total. The molecule has 11 heavy (non-hydrogen) atoms. The number of nitrogens with two attached hydrogens (primary N) is 1. The van der Waals surface area contributed by atoms with Crippen LogP contribution in [0.4, 0.5) is 0 Å². The molecule has 4 heteroatoms. The molecule has 1 heterocycles. The molecule has 0 aliphatic carbocycles. The minimum absolute atomic E-state index is 0.147. The highest BCUT2D eigenvalue weighted by Gasteiger charge is 2.10. The van der Waals surface area contributed by atoms with Gasteiger partial charge in [-0.25, -0.2) is 0 Å². The van der Waals surface area contributed by atoms with Crippen molar-refractivity contribution < 1.29 is 9.21 Å². The summed E-state index contributed by atoms with van der Waals surface area (Å²) in [6.07, 6.45) is 0. The zero-order valence-electron chi connectivity index (χ0n) is 6.06. The van der Waals surface area contributed by atoms with Crippen LogP contribution in [0, 0.1) is 0 Å². The number of carbonyl (C=O) groups is 1. The molecule has 3 nitrogen and oxygen atoms in total. The molecule has 1 rings (SSSR count). The quantitative estimate of drug-likeness (QED) is 0.691. The Kier molecular flexibility index (Phi) is 2.31. The lowest BCUT2D eigenvalue weighted by molar-refractivity contribution is 0.0987. The maximum Gasteiger partial charge on any atom is 0.198 e. The zero-order valence-corrected chi connectivity index (χ0v) is 6.81. The standard InChI is InChI=1S/C7H8ClNO2/c1-4(10)6-2-5(3-9)7(8)11-6/h2H,3,9H2,1H3. The van der Waals surface area contributed by atoms with E-state index in [-0.39, 0.29) is 23.3 Å². The first-order chi connectivity index (χ1) is 5.15. The Morgan fingerprint density at radius 3 is 2.73 bits per heavy atom. The third-order valence-corrected chi connectivity index (χ3v) is 1.64. The van der Waals surface area contributed by atoms with Gasteiger partial charge in [0.25, 0.3) is 0 Å². The highest BCUT2D eigenvalue weighted by Crippen LogP contribution is 2.20. The van der Waals surface area contributed by atoms with Gasteiger partial charge >= 0.3 is 0 Å². The Bertz CT molecular complexity index is 280. The van der Waals surface area contributed by atoms with Gasteiger partial charge in [-0.15, -0.1) is 0 Å². The molecule has 0 aliphatic rings. The molecule has 0 saturated heterocycles. The van der Waals surface area contributed by atoms with Crippen molar-refractivity contribution >= 4 is 17.4 Å². The first-order valence-corrected chi connectivity index (χ1v) is 3.52. The highest BCUT2D eigenvalue weighted by molar-refractivity contribution is 6.29. The number of Topliss-reactive ketones (excluding diaryl/α,β-unsaturated/α-hetero) is 1. The van der Waals surface area contributed by atoms with E-state index in [0.29, 0.717) is 5.56 Å². The topological polar surface area (TPSA) is 56.2 Å². The molecule has 0 saturated carbocycles. The van der Waals surface area contributed by atoms with Crippen molar-refractivity contribution in [3.05, 3.63) is 22.6 Å². The minimum Gasteiger partial charge on any atom is -0.441 e. The van der Waals surface area contributed by atoms with Gasteiger partial charge in [0.15, 0.2) is 16.8 Å². The smallest absolute Gasteiger partial charge is 0.198 e. The molecule has 0 aromatic carbocycles. The molecular formula is C7H8ClNO2. The van der Waals surface area contributed by atoms with E-state index in [4.69, 9.17) is 21.8 Å². The average Bonchev–Trinajstić information content (AvgIpc) is 2.31. The number of furan rings is 1. The molecule has 0 radical (unpaired) electrons. The lowest BCUT2D eigenvalue weighted by Gasteiger charge is -1.84. The van der Waals surface area contributed by atoms with E-state index in [1.54, 1.807) is 6.07 Å². The van der Waals surface area contributed by atoms with Crippen molar-refractivity contribution in [2.24, 2.45) is 5.73 Å². The first-order valence-electron chi connectivity index (χ1n) is 3.14. The highest BCUT2D eigenvalue weighted by atomic mass is 35.5. The van der Waals surface area contributed by atoms with Gasteiger partial charge in [0.2, 0.25) is 0 Å². The summed E-state index contributed by atoms with van der Waals surface area (Å²) in [7, 11) is 0. The fraction of sp³-hybridized carbons (Fsp3) is 0.286. The third kappa shape index (κ3) is 1.61. The van der Waals surface area contributed by atoms with Crippen molar-refractivity contribution in [2.75, 3.05) is 0 Å². The fourth-order valence-electron chi connectivity index (χ4n) is 0.719. The second-order valence-corrected chi connectivity index (χ2v) is 2.51. The molecule has 0 fully saturated rings. The third-order valence-electron chi connectivity index (χ3n) is 1.32. The summed E-state index contributed by atoms with van der Waals surface area (Å²) in [6.45, 7) is 1.70. The van der Waals surface area contributed by atoms with Gasteiger partial charge in [0.1, 0.15) is 0 Å². The number of halogens is 1. The van der Waals surface area contributed by atoms with Gasteiger partial charge in [-0.05, 0) is 17.7 Å². The summed E-state index contributed by atoms with van der Waals surface area (Å²) >= 11 is 5.59. The minimum atomic E-state index is -0.147. The Labute approximate surface area is 69.1 Å². The van der Waals surface area contributed by atoms with Crippen molar-refractivity contribution in [1.29, 1.82) is 0 Å². The van der Waals surface area contributed by atoms with Gasteiger partial charge < -0.3 is 10.2 Å². The lowest BCUT2D eigenvalue weighted by atomic mass is 10.3. The Balaban J connectivity index is 3.05. The summed E-state index contributed by atoms with van der Waals surface area (Å²) in [5, 5.41) is 0.206. The molecule has 0 aliphatic heterocycles. The van der Waals surface area contributed by atoms with Crippen molar-refractivity contribution in [2.45, 2.75) is 13.5 Å². The number of hydrogen-bond donors (Lipinski definition) is 1. The van der Waals surface area contributed by atoms with Crippen LogP contribution in [0.15, 0.2) is 10.5 Å². The van der Waals surface area contributed by atoms with Crippen LogP contribution in [-0.2, 0) is 6.54 Å². The van der Waals surface area contributed by atoms with E-state index in [2.05, 4.69) is 0 Å². The van der Waals surface area contributed by atoms with E-state index in [1.807, 2.05) is 0 Å².